The van der Waals surface area contributed by atoms with Gasteiger partial charge in [-0.1, -0.05) is 0 Å². The molecule has 62 valence electrons. The zero-order chi connectivity index (χ0) is 6.20. The molecule has 11 heavy (non-hydrogen) atoms. The van der Waals surface area contributed by atoms with Crippen molar-refractivity contribution < 1.29 is 61.9 Å². The quantitative estimate of drug-likeness (QED) is 0.416. The summed E-state index contributed by atoms with van der Waals surface area (Å²) in [6.45, 7) is 4.39. The van der Waals surface area contributed by atoms with Crippen LogP contribution in [0, 0.1) is 0 Å². The predicted octanol–water partition coefficient (Wildman–Crippen LogP) is -6.76. The van der Waals surface area contributed by atoms with E-state index in [0.29, 0.717) is 3.12 Å². The number of hydrogen-bond acceptors (Lipinski definition) is 0. The third-order valence-electron chi connectivity index (χ3n) is 1.22. The van der Waals surface area contributed by atoms with Gasteiger partial charge in [-0.3, -0.25) is 0 Å². The Morgan fingerprint density at radius 1 is 1.27 bits per heavy atom. The largest absolute Gasteiger partial charge is 1.00 e. The van der Waals surface area contributed by atoms with E-state index in [9.17, 15) is 0 Å². The molecule has 1 aliphatic carbocycles. The molecule has 1 unspecified atom stereocenters. The maximum Gasteiger partial charge on any atom is -1.00 e. The number of halogens is 3. The van der Waals surface area contributed by atoms with Gasteiger partial charge in [0.25, 0.3) is 0 Å². The first kappa shape index (κ1) is 18.1. The van der Waals surface area contributed by atoms with Crippen LogP contribution >= 0.6 is 0 Å². The average Bonchev–Trinajstić information content (AvgIpc) is 1.82. The van der Waals surface area contributed by atoms with Crippen LogP contribution in [0.15, 0.2) is 23.8 Å². The monoisotopic (exact) mass is 288 g/mol. The standard InChI is InChI=1S/C7H9.3ClH.Zr/c1-6-3-4-7(2)5-6;;;;/h3-5H,1-2H3;3*1H;/q;;;;+3/p-3. The molecule has 0 fully saturated rings. The first-order chi connectivity index (χ1) is 3.60. The molecule has 0 aromatic carbocycles. The van der Waals surface area contributed by atoms with Crippen LogP contribution in [-0.2, 0) is 24.7 Å². The van der Waals surface area contributed by atoms with E-state index in [4.69, 9.17) is 0 Å². The molecule has 0 spiro atoms. The van der Waals surface area contributed by atoms with Crippen molar-refractivity contribution >= 4 is 0 Å². The van der Waals surface area contributed by atoms with Gasteiger partial charge >= 0.3 is 65.5 Å². The zero-order valence-electron chi connectivity index (χ0n) is 6.37. The van der Waals surface area contributed by atoms with Crippen LogP contribution in [0.3, 0.4) is 0 Å². The molecular formula is C7H9Cl3Zr. The Morgan fingerprint density at radius 3 is 1.82 bits per heavy atom. The second kappa shape index (κ2) is 6.72. The summed E-state index contributed by atoms with van der Waals surface area (Å²) in [5, 5.41) is 0. The summed E-state index contributed by atoms with van der Waals surface area (Å²) in [6.07, 6.45) is 6.76. The van der Waals surface area contributed by atoms with Gasteiger partial charge in [0.2, 0.25) is 0 Å². The van der Waals surface area contributed by atoms with Crippen molar-refractivity contribution in [1.82, 2.24) is 0 Å². The van der Waals surface area contributed by atoms with Gasteiger partial charge in [0, 0.05) is 0 Å². The van der Waals surface area contributed by atoms with Crippen LogP contribution in [0.1, 0.15) is 13.8 Å². The molecular weight excluding hydrogens is 282 g/mol. The fourth-order valence-electron chi connectivity index (χ4n) is 0.874. The summed E-state index contributed by atoms with van der Waals surface area (Å²) in [5.74, 6) is 0. The van der Waals surface area contributed by atoms with E-state index in [1.54, 1.807) is 24.7 Å². The molecule has 0 N–H and O–H groups in total. The number of hydrogen-bond donors (Lipinski definition) is 0. The number of rotatable bonds is 0. The minimum Gasteiger partial charge on any atom is -1.00 e. The molecule has 0 aromatic heterocycles. The Balaban J connectivity index is -0.000000213. The van der Waals surface area contributed by atoms with Gasteiger partial charge in [-0.2, -0.15) is 0 Å². The van der Waals surface area contributed by atoms with E-state index in [2.05, 4.69) is 32.1 Å². The second-order valence-corrected chi connectivity index (χ2v) is 5.15. The topological polar surface area (TPSA) is 0 Å². The fourth-order valence-corrected chi connectivity index (χ4v) is 1.64. The molecule has 0 saturated heterocycles. The summed E-state index contributed by atoms with van der Waals surface area (Å²) in [6, 6.07) is 0. The summed E-state index contributed by atoms with van der Waals surface area (Å²) in [4.78, 5) is 0. The molecule has 0 heterocycles. The summed E-state index contributed by atoms with van der Waals surface area (Å²) in [5.41, 5.74) is 1.41. The van der Waals surface area contributed by atoms with Crippen molar-refractivity contribution in [2.24, 2.45) is 0 Å². The van der Waals surface area contributed by atoms with Crippen LogP contribution in [0.4, 0.5) is 0 Å². The van der Waals surface area contributed by atoms with Gasteiger partial charge in [0.1, 0.15) is 0 Å². The Hall–Kier alpha value is 1.23. The minimum absolute atomic E-state index is 0. The minimum atomic E-state index is 0. The number of allylic oxidation sites excluding steroid dienone is 4. The first-order valence-corrected chi connectivity index (χ1v) is 3.97. The normalized spacial score (nSPS) is 26.0. The van der Waals surface area contributed by atoms with Gasteiger partial charge in [-0.25, -0.2) is 0 Å². The average molecular weight is 291 g/mol. The molecule has 1 rings (SSSR count). The molecule has 1 atom stereocenters. The molecule has 0 nitrogen and oxygen atoms in total. The molecule has 0 aromatic rings. The predicted molar refractivity (Wildman–Crippen MR) is 31.3 cm³/mol. The van der Waals surface area contributed by atoms with Crippen molar-refractivity contribution in [3.8, 4) is 0 Å². The SMILES string of the molecule is CC1=C[C](C)([Zr+3])C=C1.[Cl-].[Cl-].[Cl-]. The summed E-state index contributed by atoms with van der Waals surface area (Å²) < 4.78 is 0.413. The second-order valence-electron chi connectivity index (χ2n) is 2.50. The Labute approximate surface area is 102 Å². The van der Waals surface area contributed by atoms with Crippen LogP contribution in [-0.4, -0.2) is 0 Å². The van der Waals surface area contributed by atoms with E-state index in [0.717, 1.165) is 0 Å². The van der Waals surface area contributed by atoms with Crippen molar-refractivity contribution in [3.63, 3.8) is 0 Å². The maximum absolute atomic E-state index is 2.31. The van der Waals surface area contributed by atoms with E-state index < -0.39 is 0 Å². The molecule has 1 aliphatic rings. The van der Waals surface area contributed by atoms with Crippen LogP contribution < -0.4 is 37.2 Å². The third-order valence-corrected chi connectivity index (χ3v) is 1.98. The zero-order valence-corrected chi connectivity index (χ0v) is 11.1. The van der Waals surface area contributed by atoms with Gasteiger partial charge < -0.3 is 37.2 Å². The van der Waals surface area contributed by atoms with Crippen molar-refractivity contribution in [2.45, 2.75) is 17.0 Å². The molecule has 0 aliphatic heterocycles. The molecule has 0 radical (unpaired) electrons. The van der Waals surface area contributed by atoms with Gasteiger partial charge in [0.15, 0.2) is 0 Å². The fraction of sp³-hybridized carbons (Fsp3) is 0.429. The summed E-state index contributed by atoms with van der Waals surface area (Å²) in [7, 11) is 0. The smallest absolute Gasteiger partial charge is 1.00 e. The van der Waals surface area contributed by atoms with E-state index in [1.807, 2.05) is 0 Å². The molecule has 4 heteroatoms. The van der Waals surface area contributed by atoms with Gasteiger partial charge in [-0.05, 0) is 0 Å². The molecule has 0 amide bonds. The Kier molecular flexibility index (Phi) is 11.1. The summed E-state index contributed by atoms with van der Waals surface area (Å²) >= 11 is 1.58. The van der Waals surface area contributed by atoms with Gasteiger partial charge in [0.05, 0.1) is 0 Å². The Bertz CT molecular complexity index is 161. The Morgan fingerprint density at radius 2 is 1.73 bits per heavy atom. The maximum atomic E-state index is 2.31. The van der Waals surface area contributed by atoms with Crippen LogP contribution in [0.25, 0.3) is 0 Å². The van der Waals surface area contributed by atoms with Crippen LogP contribution in [0.2, 0.25) is 3.12 Å². The molecule has 0 bridgehead atoms. The van der Waals surface area contributed by atoms with Crippen LogP contribution in [0.5, 0.6) is 0 Å². The van der Waals surface area contributed by atoms with Crippen molar-refractivity contribution in [1.29, 1.82) is 0 Å². The van der Waals surface area contributed by atoms with E-state index in [1.165, 1.54) is 5.57 Å². The van der Waals surface area contributed by atoms with Crippen molar-refractivity contribution in [3.05, 3.63) is 23.8 Å². The third kappa shape index (κ3) is 6.40. The van der Waals surface area contributed by atoms with E-state index in [-0.39, 0.29) is 37.2 Å². The van der Waals surface area contributed by atoms with Gasteiger partial charge in [-0.15, -0.1) is 0 Å². The van der Waals surface area contributed by atoms with E-state index >= 15 is 0 Å². The molecule has 0 saturated carbocycles. The first-order valence-electron chi connectivity index (χ1n) is 2.74. The van der Waals surface area contributed by atoms with Crippen molar-refractivity contribution in [2.75, 3.05) is 0 Å².